The summed E-state index contributed by atoms with van der Waals surface area (Å²) in [5, 5.41) is 2.31. The molecular weight excluding hydrogens is 288 g/mol. The topological polar surface area (TPSA) is 113 Å². The van der Waals surface area contributed by atoms with E-state index >= 15 is 0 Å². The molecule has 20 heavy (non-hydrogen) atoms. The van der Waals surface area contributed by atoms with Crippen molar-refractivity contribution in [2.45, 2.75) is 6.04 Å². The molecule has 0 aromatic heterocycles. The first-order chi connectivity index (χ1) is 9.38. The second kappa shape index (κ2) is 5.47. The number of β-lactam (4-membered cyclic amide) rings is 1. The van der Waals surface area contributed by atoms with E-state index in [-0.39, 0.29) is 17.5 Å². The standard InChI is InChI=1S/C11H12N2O6S/c14-10(7-19-8-4-2-1-3-5-8)12-9-6-13(11(9)15)20(16,17)18/h1-5,9H,6-7H2,(H,12,14)(H,16,17,18)/t9-/m0/s1. The molecule has 1 saturated heterocycles. The number of para-hydroxylation sites is 1. The van der Waals surface area contributed by atoms with Gasteiger partial charge in [0.2, 0.25) is 0 Å². The Kier molecular flexibility index (Phi) is 3.91. The summed E-state index contributed by atoms with van der Waals surface area (Å²) in [6.45, 7) is -0.575. The van der Waals surface area contributed by atoms with E-state index in [0.717, 1.165) is 0 Å². The third-order valence-corrected chi connectivity index (χ3v) is 3.51. The van der Waals surface area contributed by atoms with Crippen LogP contribution in [0, 0.1) is 0 Å². The molecule has 2 rings (SSSR count). The smallest absolute Gasteiger partial charge is 0.362 e. The number of benzene rings is 1. The second-order valence-electron chi connectivity index (χ2n) is 4.07. The molecular formula is C11H12N2O6S. The first kappa shape index (κ1) is 14.3. The Balaban J connectivity index is 1.78. The minimum absolute atomic E-state index is 0.274. The highest BCUT2D eigenvalue weighted by atomic mass is 32.2. The number of hydrogen-bond donors (Lipinski definition) is 2. The zero-order valence-electron chi connectivity index (χ0n) is 10.2. The molecule has 1 aliphatic rings. The maximum atomic E-state index is 11.5. The minimum atomic E-state index is -4.54. The number of rotatable bonds is 5. The normalized spacial score (nSPS) is 18.4. The Bertz CT molecular complexity index is 615. The Morgan fingerprint density at radius 1 is 1.40 bits per heavy atom. The third-order valence-electron chi connectivity index (χ3n) is 2.62. The van der Waals surface area contributed by atoms with Gasteiger partial charge in [-0.15, -0.1) is 0 Å². The van der Waals surface area contributed by atoms with Crippen LogP contribution in [0.1, 0.15) is 0 Å². The highest BCUT2D eigenvalue weighted by molar-refractivity contribution is 7.84. The quantitative estimate of drug-likeness (QED) is 0.543. The molecule has 0 unspecified atom stereocenters. The molecule has 1 heterocycles. The predicted molar refractivity (Wildman–Crippen MR) is 67.1 cm³/mol. The molecule has 2 N–H and O–H groups in total. The van der Waals surface area contributed by atoms with Crippen LogP contribution in [-0.4, -0.2) is 48.3 Å². The summed E-state index contributed by atoms with van der Waals surface area (Å²) < 4.78 is 35.5. The van der Waals surface area contributed by atoms with Crippen molar-refractivity contribution in [2.24, 2.45) is 0 Å². The van der Waals surface area contributed by atoms with Crippen molar-refractivity contribution in [3.05, 3.63) is 30.3 Å². The van der Waals surface area contributed by atoms with Gasteiger partial charge in [-0.05, 0) is 12.1 Å². The van der Waals surface area contributed by atoms with E-state index in [1.54, 1.807) is 30.3 Å². The van der Waals surface area contributed by atoms with Gasteiger partial charge >= 0.3 is 10.3 Å². The van der Waals surface area contributed by atoms with Gasteiger partial charge in [-0.25, -0.2) is 4.31 Å². The van der Waals surface area contributed by atoms with Crippen LogP contribution in [0.3, 0.4) is 0 Å². The van der Waals surface area contributed by atoms with E-state index in [2.05, 4.69) is 5.32 Å². The molecule has 108 valence electrons. The van der Waals surface area contributed by atoms with Crippen LogP contribution in [0.2, 0.25) is 0 Å². The molecule has 0 radical (unpaired) electrons. The number of nitrogens with zero attached hydrogens (tertiary/aromatic N) is 1. The summed E-state index contributed by atoms with van der Waals surface area (Å²) in [6.07, 6.45) is 0. The van der Waals surface area contributed by atoms with Gasteiger partial charge in [0.1, 0.15) is 11.8 Å². The van der Waals surface area contributed by atoms with Crippen LogP contribution in [0.4, 0.5) is 0 Å². The molecule has 1 atom stereocenters. The Morgan fingerprint density at radius 2 is 2.05 bits per heavy atom. The minimum Gasteiger partial charge on any atom is -0.484 e. The highest BCUT2D eigenvalue weighted by Crippen LogP contribution is 2.14. The maximum absolute atomic E-state index is 11.5. The van der Waals surface area contributed by atoms with Crippen LogP contribution < -0.4 is 10.1 Å². The van der Waals surface area contributed by atoms with Crippen LogP contribution in [0.25, 0.3) is 0 Å². The zero-order valence-corrected chi connectivity index (χ0v) is 11.0. The maximum Gasteiger partial charge on any atom is 0.362 e. The summed E-state index contributed by atoms with van der Waals surface area (Å²) in [7, 11) is -4.54. The number of ether oxygens (including phenoxy) is 1. The van der Waals surface area contributed by atoms with E-state index in [4.69, 9.17) is 9.29 Å². The lowest BCUT2D eigenvalue weighted by molar-refractivity contribution is -0.141. The molecule has 0 saturated carbocycles. The van der Waals surface area contributed by atoms with Crippen LogP contribution in [0.15, 0.2) is 30.3 Å². The number of hydrogen-bond acceptors (Lipinski definition) is 5. The fraction of sp³-hybridized carbons (Fsp3) is 0.273. The molecule has 0 spiro atoms. The van der Waals surface area contributed by atoms with E-state index in [0.29, 0.717) is 5.75 Å². The third kappa shape index (κ3) is 3.25. The fourth-order valence-corrected chi connectivity index (χ4v) is 2.30. The van der Waals surface area contributed by atoms with Gasteiger partial charge in [-0.2, -0.15) is 8.42 Å². The van der Waals surface area contributed by atoms with Gasteiger partial charge < -0.3 is 10.1 Å². The molecule has 0 bridgehead atoms. The van der Waals surface area contributed by atoms with Crippen LogP contribution in [0.5, 0.6) is 5.75 Å². The number of amides is 2. The lowest BCUT2D eigenvalue weighted by atomic mass is 10.1. The largest absolute Gasteiger partial charge is 0.484 e. The molecule has 0 aliphatic carbocycles. The first-order valence-corrected chi connectivity index (χ1v) is 7.04. The number of nitrogens with one attached hydrogen (secondary N) is 1. The summed E-state index contributed by atoms with van der Waals surface area (Å²) in [4.78, 5) is 22.9. The highest BCUT2D eigenvalue weighted by Gasteiger charge is 2.44. The lowest BCUT2D eigenvalue weighted by Gasteiger charge is -2.35. The molecule has 2 amide bonds. The molecule has 1 aromatic rings. The average Bonchev–Trinajstić information content (AvgIpc) is 2.40. The molecule has 9 heteroatoms. The van der Waals surface area contributed by atoms with Crippen LogP contribution >= 0.6 is 0 Å². The Hall–Kier alpha value is -2.13. The van der Waals surface area contributed by atoms with Crippen LogP contribution in [-0.2, 0) is 19.9 Å². The number of carbonyl (C=O) groups is 2. The van der Waals surface area contributed by atoms with Gasteiger partial charge in [0.15, 0.2) is 6.61 Å². The van der Waals surface area contributed by atoms with Crippen molar-refractivity contribution in [3.8, 4) is 5.75 Å². The predicted octanol–water partition coefficient (Wildman–Crippen LogP) is -0.805. The van der Waals surface area contributed by atoms with Gasteiger partial charge in [-0.3, -0.25) is 14.1 Å². The summed E-state index contributed by atoms with van der Waals surface area (Å²) in [5.41, 5.74) is 0. The van der Waals surface area contributed by atoms with E-state index in [1.165, 1.54) is 0 Å². The van der Waals surface area contributed by atoms with Crippen molar-refractivity contribution < 1.29 is 27.3 Å². The summed E-state index contributed by atoms with van der Waals surface area (Å²) >= 11 is 0. The molecule has 1 aromatic carbocycles. The Morgan fingerprint density at radius 3 is 2.60 bits per heavy atom. The van der Waals surface area contributed by atoms with E-state index in [9.17, 15) is 18.0 Å². The SMILES string of the molecule is O=C(COc1ccccc1)N[C@H]1CN(S(=O)(=O)O)C1=O. The van der Waals surface area contributed by atoms with Gasteiger partial charge in [0, 0.05) is 0 Å². The van der Waals surface area contributed by atoms with Crippen molar-refractivity contribution in [2.75, 3.05) is 13.2 Å². The lowest BCUT2D eigenvalue weighted by Crippen LogP contribution is -2.65. The second-order valence-corrected chi connectivity index (χ2v) is 5.41. The molecule has 1 fully saturated rings. The van der Waals surface area contributed by atoms with Gasteiger partial charge in [0.25, 0.3) is 11.8 Å². The van der Waals surface area contributed by atoms with E-state index < -0.39 is 28.2 Å². The van der Waals surface area contributed by atoms with Crippen molar-refractivity contribution in [1.82, 2.24) is 9.62 Å². The average molecular weight is 300 g/mol. The van der Waals surface area contributed by atoms with Crippen molar-refractivity contribution >= 4 is 22.1 Å². The zero-order chi connectivity index (χ0) is 14.8. The van der Waals surface area contributed by atoms with Gasteiger partial charge in [0.05, 0.1) is 6.54 Å². The van der Waals surface area contributed by atoms with Crippen molar-refractivity contribution in [3.63, 3.8) is 0 Å². The molecule has 1 aliphatic heterocycles. The number of carbonyl (C=O) groups excluding carboxylic acids is 2. The Labute approximate surface area is 115 Å². The monoisotopic (exact) mass is 300 g/mol. The summed E-state index contributed by atoms with van der Waals surface area (Å²) in [5.74, 6) is -0.926. The van der Waals surface area contributed by atoms with E-state index in [1.807, 2.05) is 0 Å². The van der Waals surface area contributed by atoms with Gasteiger partial charge in [-0.1, -0.05) is 18.2 Å². The van der Waals surface area contributed by atoms with Crippen molar-refractivity contribution in [1.29, 1.82) is 0 Å². The molecule has 8 nitrogen and oxygen atoms in total. The first-order valence-electron chi connectivity index (χ1n) is 5.64. The fourth-order valence-electron chi connectivity index (χ4n) is 1.61. The summed E-state index contributed by atoms with van der Waals surface area (Å²) in [6, 6.07) is 7.66.